The van der Waals surface area contributed by atoms with E-state index in [1.54, 1.807) is 13.8 Å². The van der Waals surface area contributed by atoms with Crippen LogP contribution in [0.2, 0.25) is 0 Å². The first-order chi connectivity index (χ1) is 34.1. The quantitative estimate of drug-likeness (QED) is 0.0759. The van der Waals surface area contributed by atoms with Gasteiger partial charge in [0.2, 0.25) is 5.91 Å². The van der Waals surface area contributed by atoms with Crippen molar-refractivity contribution in [2.45, 2.75) is 32.4 Å². The molecule has 3 N–H and O–H groups in total. The molecule has 0 unspecified atom stereocenters. The summed E-state index contributed by atoms with van der Waals surface area (Å²) in [7, 11) is 0. The van der Waals surface area contributed by atoms with Crippen LogP contribution in [0.3, 0.4) is 0 Å². The first kappa shape index (κ1) is 58.7. The van der Waals surface area contributed by atoms with Crippen LogP contribution < -0.4 is 25.3 Å². The lowest BCUT2D eigenvalue weighted by atomic mass is 10.1. The van der Waals surface area contributed by atoms with Crippen LogP contribution in [-0.2, 0) is 42.4 Å². The minimum atomic E-state index is -4.34. The predicted octanol–water partition coefficient (Wildman–Crippen LogP) is 8.02. The van der Waals surface area contributed by atoms with Gasteiger partial charge in [-0.2, -0.15) is 39.5 Å². The highest BCUT2D eigenvalue weighted by Gasteiger charge is 2.32. The van der Waals surface area contributed by atoms with E-state index in [1.165, 1.54) is 54.7 Å². The number of carbonyl (C=O) groups excluding carboxylic acids is 3. The fourth-order valence-electron chi connectivity index (χ4n) is 7.27. The van der Waals surface area contributed by atoms with Crippen molar-refractivity contribution < 1.29 is 68.5 Å². The van der Waals surface area contributed by atoms with E-state index in [-0.39, 0.29) is 36.7 Å². The Bertz CT molecular complexity index is 2240. The molecule has 14 nitrogen and oxygen atoms in total. The van der Waals surface area contributed by atoms with Gasteiger partial charge in [0.25, 0.3) is 0 Å². The van der Waals surface area contributed by atoms with E-state index in [2.05, 4.69) is 41.2 Å². The second kappa shape index (κ2) is 28.4. The number of benzene rings is 3. The SMILES string of the molecule is CCOC(=O)CBr.CCOC(=O)CN1CCN(c2ccc(C(F)(F)F)cc2)CC1.FC(F)(F)c1ccc(N2CCNCC2)cc1.O=C(CN1CCN(c2ccc(C(F)(F)F)cc2)CC1)Nc1ccc(O)cn1. The maximum Gasteiger partial charge on any atom is 0.416 e. The lowest BCUT2D eigenvalue weighted by Gasteiger charge is -2.35. The molecule has 3 aromatic carbocycles. The molecule has 4 aromatic rings. The Morgan fingerprint density at radius 1 is 0.569 bits per heavy atom. The molecule has 0 spiro atoms. The fourth-order valence-corrected chi connectivity index (χ4v) is 7.43. The first-order valence-electron chi connectivity index (χ1n) is 22.8. The molecule has 24 heteroatoms. The second-order valence-corrected chi connectivity index (χ2v) is 16.7. The molecular weight excluding hydrogens is 1040 g/mol. The standard InChI is InChI=1S/C18H19F3N4O2.C15H19F3N2O2.C11H13F3N2.C4H7BrO2/c19-18(20,21)13-1-3-14(4-2-13)25-9-7-24(8-10-25)12-17(27)23-16-6-5-15(26)11-22-16;1-2-22-14(21)11-19-7-9-20(10-8-19)13-5-3-12(4-6-13)15(16,17)18;12-11(13,14)9-1-3-10(4-2-9)16-7-5-15-6-8-16;1-2-7-4(6)3-5/h1-6,11,26H,7-10,12H2,(H,22,23,27);3-6H,2,7-11H2,1H3;1-4,15H,5-8H2;2-3H2,1H3. The van der Waals surface area contributed by atoms with Gasteiger partial charge in [-0.3, -0.25) is 24.2 Å². The van der Waals surface area contributed by atoms with Gasteiger partial charge >= 0.3 is 30.5 Å². The number of aromatic hydroxyl groups is 1. The number of carbonyl (C=O) groups is 3. The number of alkyl halides is 10. The molecule has 72 heavy (non-hydrogen) atoms. The Hall–Kier alpha value is -5.85. The van der Waals surface area contributed by atoms with Gasteiger partial charge in [0.1, 0.15) is 16.9 Å². The largest absolute Gasteiger partial charge is 0.506 e. The topological polar surface area (TPSA) is 143 Å². The summed E-state index contributed by atoms with van der Waals surface area (Å²) in [5.41, 5.74) is 0.464. The number of piperazine rings is 3. The summed E-state index contributed by atoms with van der Waals surface area (Å²) in [5, 5.41) is 15.3. The van der Waals surface area contributed by atoms with Crippen molar-refractivity contribution in [3.63, 3.8) is 0 Å². The van der Waals surface area contributed by atoms with Crippen LogP contribution in [0.25, 0.3) is 0 Å². The summed E-state index contributed by atoms with van der Waals surface area (Å²) in [4.78, 5) is 47.6. The van der Waals surface area contributed by atoms with Crippen molar-refractivity contribution in [1.82, 2.24) is 20.1 Å². The normalized spacial score (nSPS) is 15.6. The van der Waals surface area contributed by atoms with Crippen LogP contribution in [-0.4, -0.2) is 148 Å². The first-order valence-corrected chi connectivity index (χ1v) is 24.0. The summed E-state index contributed by atoms with van der Waals surface area (Å²) in [6.07, 6.45) is -11.6. The van der Waals surface area contributed by atoms with Crippen molar-refractivity contribution >= 4 is 56.7 Å². The van der Waals surface area contributed by atoms with Crippen LogP contribution >= 0.6 is 15.9 Å². The highest BCUT2D eigenvalue weighted by Crippen LogP contribution is 2.33. The molecule has 0 bridgehead atoms. The molecule has 0 saturated carbocycles. The number of esters is 2. The molecule has 396 valence electrons. The van der Waals surface area contributed by atoms with Crippen LogP contribution in [0.4, 0.5) is 62.4 Å². The molecule has 1 aromatic heterocycles. The smallest absolute Gasteiger partial charge is 0.416 e. The third-order valence-corrected chi connectivity index (χ3v) is 11.5. The summed E-state index contributed by atoms with van der Waals surface area (Å²) < 4.78 is 122. The van der Waals surface area contributed by atoms with Crippen LogP contribution in [0.15, 0.2) is 91.1 Å². The summed E-state index contributed by atoms with van der Waals surface area (Å²) in [6.45, 7) is 13.4. The molecule has 0 radical (unpaired) electrons. The van der Waals surface area contributed by atoms with Gasteiger partial charge in [-0.15, -0.1) is 0 Å². The van der Waals surface area contributed by atoms with Gasteiger partial charge < -0.3 is 39.9 Å². The lowest BCUT2D eigenvalue weighted by molar-refractivity contribution is -0.144. The third-order valence-electron chi connectivity index (χ3n) is 11.0. The van der Waals surface area contributed by atoms with Gasteiger partial charge in [-0.25, -0.2) is 4.98 Å². The average molecular weight is 1090 g/mol. The Kier molecular flexibility index (Phi) is 23.2. The second-order valence-electron chi connectivity index (χ2n) is 16.1. The number of amides is 1. The van der Waals surface area contributed by atoms with Gasteiger partial charge in [0, 0.05) is 95.6 Å². The number of nitrogens with one attached hydrogen (secondary N) is 2. The molecule has 3 saturated heterocycles. The number of halogens is 10. The number of anilines is 4. The Balaban J connectivity index is 0.000000225. The van der Waals surface area contributed by atoms with Gasteiger partial charge in [0.15, 0.2) is 0 Å². The van der Waals surface area contributed by atoms with Crippen LogP contribution in [0.5, 0.6) is 5.75 Å². The number of nitrogens with zero attached hydrogens (tertiary/aromatic N) is 6. The van der Waals surface area contributed by atoms with Crippen molar-refractivity contribution in [2.24, 2.45) is 0 Å². The third kappa shape index (κ3) is 20.3. The fraction of sp³-hybridized carbons (Fsp3) is 0.458. The maximum absolute atomic E-state index is 12.6. The molecule has 4 heterocycles. The number of ether oxygens (including phenoxy) is 2. The zero-order chi connectivity index (χ0) is 52.9. The van der Waals surface area contributed by atoms with E-state index in [0.717, 1.165) is 79.6 Å². The number of pyridine rings is 1. The molecular formula is C48H58BrF9N8O6. The molecule has 1 amide bonds. The predicted molar refractivity (Wildman–Crippen MR) is 258 cm³/mol. The van der Waals surface area contributed by atoms with Crippen molar-refractivity contribution in [2.75, 3.05) is 130 Å². The number of rotatable bonds is 11. The Morgan fingerprint density at radius 2 is 0.944 bits per heavy atom. The van der Waals surface area contributed by atoms with Crippen LogP contribution in [0.1, 0.15) is 30.5 Å². The van der Waals surface area contributed by atoms with E-state index in [4.69, 9.17) is 4.74 Å². The Morgan fingerprint density at radius 3 is 1.28 bits per heavy atom. The molecule has 0 atom stereocenters. The number of aromatic nitrogens is 1. The Labute approximate surface area is 420 Å². The van der Waals surface area contributed by atoms with Crippen molar-refractivity contribution in [1.29, 1.82) is 0 Å². The zero-order valence-corrected chi connectivity index (χ0v) is 41.2. The minimum absolute atomic E-state index is 0.0207. The molecule has 0 aliphatic carbocycles. The highest BCUT2D eigenvalue weighted by molar-refractivity contribution is 9.09. The van der Waals surface area contributed by atoms with Crippen molar-refractivity contribution in [3.8, 4) is 5.75 Å². The molecule has 3 aliphatic heterocycles. The van der Waals surface area contributed by atoms with E-state index in [9.17, 15) is 59.0 Å². The average Bonchev–Trinajstić information content (AvgIpc) is 3.35. The summed E-state index contributed by atoms with van der Waals surface area (Å²) >= 11 is 2.94. The summed E-state index contributed by atoms with van der Waals surface area (Å²) in [5.74, 6) is -0.280. The van der Waals surface area contributed by atoms with Gasteiger partial charge in [-0.05, 0) is 98.8 Å². The molecule has 7 rings (SSSR count). The zero-order valence-electron chi connectivity index (χ0n) is 39.6. The minimum Gasteiger partial charge on any atom is -0.506 e. The van der Waals surface area contributed by atoms with E-state index in [1.807, 2.05) is 19.6 Å². The highest BCUT2D eigenvalue weighted by atomic mass is 79.9. The monoisotopic (exact) mass is 1090 g/mol. The van der Waals surface area contributed by atoms with Gasteiger partial charge in [-0.1, -0.05) is 15.9 Å². The van der Waals surface area contributed by atoms with E-state index < -0.39 is 35.2 Å². The number of hydrogen-bond donors (Lipinski definition) is 3. The van der Waals surface area contributed by atoms with Gasteiger partial charge in [0.05, 0.1) is 49.2 Å². The molecule has 3 fully saturated rings. The number of hydrogen-bond acceptors (Lipinski definition) is 13. The molecule has 3 aliphatic rings. The van der Waals surface area contributed by atoms with E-state index >= 15 is 0 Å². The lowest BCUT2D eigenvalue weighted by Crippen LogP contribution is -2.48. The van der Waals surface area contributed by atoms with Crippen LogP contribution in [0, 0.1) is 0 Å². The van der Waals surface area contributed by atoms with Crippen molar-refractivity contribution in [3.05, 3.63) is 108 Å². The summed E-state index contributed by atoms with van der Waals surface area (Å²) in [6, 6.07) is 18.6. The van der Waals surface area contributed by atoms with E-state index in [0.29, 0.717) is 76.7 Å². The maximum atomic E-state index is 12.6.